The van der Waals surface area contributed by atoms with Gasteiger partial charge in [0.2, 0.25) is 0 Å². The summed E-state index contributed by atoms with van der Waals surface area (Å²) in [5, 5.41) is 32.7. The van der Waals surface area contributed by atoms with E-state index in [1.807, 2.05) is 0 Å². The molecule has 3 rings (SSSR count). The molecule has 36 heavy (non-hydrogen) atoms. The summed E-state index contributed by atoms with van der Waals surface area (Å²) in [4.78, 5) is 23.6. The van der Waals surface area contributed by atoms with E-state index in [2.05, 4.69) is 68.2 Å². The lowest BCUT2D eigenvalue weighted by Gasteiger charge is -2.44. The van der Waals surface area contributed by atoms with E-state index in [-0.39, 0.29) is 39.4 Å². The zero-order valence-electron chi connectivity index (χ0n) is 23.3. The van der Waals surface area contributed by atoms with E-state index in [4.69, 9.17) is 0 Å². The van der Waals surface area contributed by atoms with Crippen LogP contribution in [0, 0.1) is 59.2 Å². The maximum Gasteiger partial charge on any atom is 0.157 e. The standard InChI is InChI=1S/C29H44O5.C2H2/c1-9-16(4)18-10-11-29(8,24(18)23-17(5)28(23,6)7)21(12-15(2)3)22-26(33)19(13-30)25(32)20(14-31)27(22)34;1-2/h13-18,21,23-24,32-34H,9-12H2,1-8H3;1-2H/t16-,17+,18?,21+,23+,24+,29+;/m0./s1. The Morgan fingerprint density at radius 3 is 1.78 bits per heavy atom. The lowest BCUT2D eigenvalue weighted by atomic mass is 9.59. The van der Waals surface area contributed by atoms with Gasteiger partial charge in [-0.15, -0.1) is 12.8 Å². The summed E-state index contributed by atoms with van der Waals surface area (Å²) in [5.41, 5.74) is -0.400. The minimum Gasteiger partial charge on any atom is -0.507 e. The van der Waals surface area contributed by atoms with Gasteiger partial charge < -0.3 is 15.3 Å². The lowest BCUT2D eigenvalue weighted by molar-refractivity contribution is 0.0800. The van der Waals surface area contributed by atoms with Crippen LogP contribution in [0.5, 0.6) is 17.2 Å². The first-order chi connectivity index (χ1) is 16.8. The molecule has 0 aliphatic heterocycles. The zero-order valence-corrected chi connectivity index (χ0v) is 23.3. The van der Waals surface area contributed by atoms with E-state index < -0.39 is 17.2 Å². The van der Waals surface area contributed by atoms with Gasteiger partial charge in [-0.25, -0.2) is 0 Å². The SMILES string of the molecule is C#C.CC[C@H](C)C1CC[C@](C)([C@H](CC(C)C)c2c(O)c(C=O)c(O)c(C=O)c2O)[C@H]1[C@H]1[C@@H](C)C1(C)C. The van der Waals surface area contributed by atoms with Crippen LogP contribution >= 0.6 is 0 Å². The number of rotatable bonds is 9. The van der Waals surface area contributed by atoms with Gasteiger partial charge in [0.05, 0.1) is 11.1 Å². The Morgan fingerprint density at radius 2 is 1.42 bits per heavy atom. The second-order valence-corrected chi connectivity index (χ2v) is 12.5. The predicted molar refractivity (Wildman–Crippen MR) is 145 cm³/mol. The number of carbonyl (C=O) groups is 2. The molecule has 0 heterocycles. The third-order valence-electron chi connectivity index (χ3n) is 10.1. The van der Waals surface area contributed by atoms with Crippen LogP contribution in [0.1, 0.15) is 113 Å². The molecule has 0 bridgehead atoms. The highest BCUT2D eigenvalue weighted by Gasteiger charge is 2.66. The Labute approximate surface area is 217 Å². The van der Waals surface area contributed by atoms with Crippen molar-refractivity contribution in [2.75, 3.05) is 0 Å². The summed E-state index contributed by atoms with van der Waals surface area (Å²) in [6.45, 7) is 18.1. The number of phenolic OH excluding ortho intramolecular Hbond substituents is 3. The summed E-state index contributed by atoms with van der Waals surface area (Å²) in [7, 11) is 0. The smallest absolute Gasteiger partial charge is 0.157 e. The number of carbonyl (C=O) groups excluding carboxylic acids is 2. The van der Waals surface area contributed by atoms with Crippen LogP contribution in [0.2, 0.25) is 0 Å². The molecule has 0 aromatic heterocycles. The highest BCUT2D eigenvalue weighted by Crippen LogP contribution is 2.73. The lowest BCUT2D eigenvalue weighted by Crippen LogP contribution is -2.37. The molecule has 3 N–H and O–H groups in total. The minimum absolute atomic E-state index is 0.227. The Kier molecular flexibility index (Phi) is 8.98. The van der Waals surface area contributed by atoms with Gasteiger partial charge in [-0.05, 0) is 71.5 Å². The summed E-state index contributed by atoms with van der Waals surface area (Å²) in [6, 6.07) is 0. The van der Waals surface area contributed by atoms with Gasteiger partial charge in [0.1, 0.15) is 17.2 Å². The molecular weight excluding hydrogens is 452 g/mol. The van der Waals surface area contributed by atoms with Gasteiger partial charge in [-0.3, -0.25) is 9.59 Å². The molecule has 0 spiro atoms. The summed E-state index contributed by atoms with van der Waals surface area (Å²) >= 11 is 0. The number of benzene rings is 1. The number of hydrogen-bond donors (Lipinski definition) is 3. The molecule has 1 aromatic rings. The molecule has 5 heteroatoms. The molecule has 0 amide bonds. The average Bonchev–Trinajstić information content (AvgIpc) is 3.12. The fourth-order valence-electron chi connectivity index (χ4n) is 7.56. The van der Waals surface area contributed by atoms with Crippen molar-refractivity contribution in [2.45, 2.75) is 87.0 Å². The van der Waals surface area contributed by atoms with E-state index >= 15 is 0 Å². The van der Waals surface area contributed by atoms with Crippen LogP contribution in [-0.4, -0.2) is 27.9 Å². The van der Waals surface area contributed by atoms with E-state index in [0.717, 1.165) is 19.3 Å². The molecule has 5 nitrogen and oxygen atoms in total. The van der Waals surface area contributed by atoms with Crippen molar-refractivity contribution in [1.29, 1.82) is 0 Å². The predicted octanol–water partition coefficient (Wildman–Crippen LogP) is 7.18. The van der Waals surface area contributed by atoms with Crippen LogP contribution in [0.15, 0.2) is 0 Å². The van der Waals surface area contributed by atoms with Crippen molar-refractivity contribution < 1.29 is 24.9 Å². The van der Waals surface area contributed by atoms with Crippen LogP contribution in [-0.2, 0) is 0 Å². The maximum absolute atomic E-state index is 11.8. The maximum atomic E-state index is 11.8. The first-order valence-electron chi connectivity index (χ1n) is 13.3. The Bertz CT molecular complexity index is 955. The number of phenols is 3. The molecule has 2 aliphatic carbocycles. The highest BCUT2D eigenvalue weighted by atomic mass is 16.3. The van der Waals surface area contributed by atoms with Crippen LogP contribution in [0.4, 0.5) is 0 Å². The van der Waals surface area contributed by atoms with Crippen molar-refractivity contribution in [3.05, 3.63) is 16.7 Å². The van der Waals surface area contributed by atoms with Gasteiger partial charge in [0.15, 0.2) is 12.6 Å². The number of hydrogen-bond acceptors (Lipinski definition) is 5. The Morgan fingerprint density at radius 1 is 0.944 bits per heavy atom. The average molecular weight is 499 g/mol. The Hall–Kier alpha value is -2.48. The fourth-order valence-corrected chi connectivity index (χ4v) is 7.56. The second-order valence-electron chi connectivity index (χ2n) is 12.5. The van der Waals surface area contributed by atoms with Gasteiger partial charge >= 0.3 is 0 Å². The Balaban J connectivity index is 0.00000222. The van der Waals surface area contributed by atoms with Crippen molar-refractivity contribution >= 4 is 12.6 Å². The first-order valence-corrected chi connectivity index (χ1v) is 13.3. The van der Waals surface area contributed by atoms with Crippen molar-refractivity contribution in [3.63, 3.8) is 0 Å². The quantitative estimate of drug-likeness (QED) is 0.248. The molecule has 7 atom stereocenters. The van der Waals surface area contributed by atoms with Crippen molar-refractivity contribution in [3.8, 4) is 30.1 Å². The van der Waals surface area contributed by atoms with E-state index in [1.165, 1.54) is 0 Å². The fraction of sp³-hybridized carbons (Fsp3) is 0.677. The molecule has 2 aliphatic rings. The third-order valence-corrected chi connectivity index (χ3v) is 10.1. The highest BCUT2D eigenvalue weighted by molar-refractivity contribution is 5.95. The summed E-state index contributed by atoms with van der Waals surface area (Å²) in [5.74, 6) is 1.18. The largest absolute Gasteiger partial charge is 0.507 e. The molecular formula is C31H46O5. The van der Waals surface area contributed by atoms with Crippen LogP contribution < -0.4 is 0 Å². The first kappa shape index (κ1) is 29.7. The number of aldehydes is 2. The molecule has 0 saturated heterocycles. The van der Waals surface area contributed by atoms with Gasteiger partial charge in [-0.2, -0.15) is 0 Å². The summed E-state index contributed by atoms with van der Waals surface area (Å²) in [6.07, 6.45) is 12.6. The molecule has 200 valence electrons. The summed E-state index contributed by atoms with van der Waals surface area (Å²) < 4.78 is 0. The van der Waals surface area contributed by atoms with Crippen LogP contribution in [0.25, 0.3) is 0 Å². The van der Waals surface area contributed by atoms with Gasteiger partial charge in [0.25, 0.3) is 0 Å². The topological polar surface area (TPSA) is 94.8 Å². The molecule has 0 radical (unpaired) electrons. The number of terminal acetylenes is 1. The van der Waals surface area contributed by atoms with E-state index in [9.17, 15) is 24.9 Å². The second kappa shape index (κ2) is 10.9. The van der Waals surface area contributed by atoms with Gasteiger partial charge in [0, 0.05) is 5.56 Å². The molecule has 2 saturated carbocycles. The number of aromatic hydroxyl groups is 3. The monoisotopic (exact) mass is 498 g/mol. The van der Waals surface area contributed by atoms with E-state index in [0.29, 0.717) is 48.6 Å². The van der Waals surface area contributed by atoms with Crippen molar-refractivity contribution in [2.24, 2.45) is 46.3 Å². The molecule has 1 aromatic carbocycles. The van der Waals surface area contributed by atoms with Gasteiger partial charge in [-0.1, -0.05) is 61.8 Å². The molecule has 2 fully saturated rings. The third kappa shape index (κ3) is 4.64. The minimum atomic E-state index is -0.658. The molecule has 1 unspecified atom stereocenters. The van der Waals surface area contributed by atoms with Crippen LogP contribution in [0.3, 0.4) is 0 Å². The normalized spacial score (nSPS) is 30.2. The van der Waals surface area contributed by atoms with E-state index in [1.54, 1.807) is 0 Å². The van der Waals surface area contributed by atoms with Crippen molar-refractivity contribution in [1.82, 2.24) is 0 Å². The zero-order chi connectivity index (χ0) is 27.7.